The van der Waals surface area contributed by atoms with E-state index in [-0.39, 0.29) is 23.8 Å². The van der Waals surface area contributed by atoms with Crippen molar-refractivity contribution in [2.75, 3.05) is 33.9 Å². The smallest absolute Gasteiger partial charge is 0.228 e. The number of carbonyl (C=O) groups is 2. The molecule has 0 spiro atoms. The average molecular weight is 346 g/mol. The number of nitrogens with zero attached hydrogens (tertiary/aromatic N) is 2. The van der Waals surface area contributed by atoms with E-state index in [4.69, 9.17) is 9.47 Å². The number of methoxy groups -OCH3 is 2. The Morgan fingerprint density at radius 3 is 2.72 bits per heavy atom. The molecule has 0 radical (unpaired) electrons. The van der Waals surface area contributed by atoms with Crippen LogP contribution in [0.15, 0.2) is 18.2 Å². The van der Waals surface area contributed by atoms with Crippen LogP contribution in [0.25, 0.3) is 0 Å². The molecular weight excluding hydrogens is 320 g/mol. The number of benzene rings is 1. The zero-order valence-electron chi connectivity index (χ0n) is 15.2. The molecule has 6 heteroatoms. The summed E-state index contributed by atoms with van der Waals surface area (Å²) >= 11 is 0. The Balaban J connectivity index is 1.83. The number of hydrogen-bond donors (Lipinski definition) is 0. The van der Waals surface area contributed by atoms with Crippen LogP contribution in [-0.2, 0) is 9.59 Å². The molecule has 0 N–H and O–H groups in total. The second-order valence-electron chi connectivity index (χ2n) is 6.63. The standard InChI is InChI=1S/C19H26N2O4/c1-4-20-12-13(10-18(20)22)19(23)21-9-5-6-16(21)15-11-14(24-2)7-8-17(15)25-3/h7-8,11,13,16H,4-6,9-10,12H2,1-3H3/t13-,16+/m0/s1. The minimum absolute atomic E-state index is 0.0247. The summed E-state index contributed by atoms with van der Waals surface area (Å²) in [7, 11) is 3.27. The van der Waals surface area contributed by atoms with E-state index in [2.05, 4.69) is 0 Å². The van der Waals surface area contributed by atoms with Crippen molar-refractivity contribution < 1.29 is 19.1 Å². The van der Waals surface area contributed by atoms with Gasteiger partial charge in [-0.3, -0.25) is 9.59 Å². The van der Waals surface area contributed by atoms with Gasteiger partial charge in [0.25, 0.3) is 0 Å². The molecule has 0 aliphatic carbocycles. The maximum absolute atomic E-state index is 13.1. The highest BCUT2D eigenvalue weighted by molar-refractivity contribution is 5.89. The van der Waals surface area contributed by atoms with Crippen LogP contribution in [-0.4, -0.2) is 55.5 Å². The molecule has 2 amide bonds. The monoisotopic (exact) mass is 346 g/mol. The lowest BCUT2D eigenvalue weighted by molar-refractivity contribution is -0.136. The minimum atomic E-state index is -0.232. The summed E-state index contributed by atoms with van der Waals surface area (Å²) < 4.78 is 10.8. The molecule has 2 heterocycles. The molecule has 3 rings (SSSR count). The second-order valence-corrected chi connectivity index (χ2v) is 6.63. The fourth-order valence-corrected chi connectivity index (χ4v) is 3.93. The molecule has 0 aromatic heterocycles. The summed E-state index contributed by atoms with van der Waals surface area (Å²) in [5.74, 6) is 1.45. The largest absolute Gasteiger partial charge is 0.497 e. The van der Waals surface area contributed by atoms with E-state index >= 15 is 0 Å². The van der Waals surface area contributed by atoms with Gasteiger partial charge in [0.2, 0.25) is 11.8 Å². The van der Waals surface area contributed by atoms with Gasteiger partial charge in [0.05, 0.1) is 26.2 Å². The first-order valence-electron chi connectivity index (χ1n) is 8.89. The lowest BCUT2D eigenvalue weighted by Gasteiger charge is -2.28. The fourth-order valence-electron chi connectivity index (χ4n) is 3.93. The van der Waals surface area contributed by atoms with Crippen LogP contribution in [0, 0.1) is 5.92 Å². The van der Waals surface area contributed by atoms with Gasteiger partial charge in [0.15, 0.2) is 0 Å². The Morgan fingerprint density at radius 1 is 1.28 bits per heavy atom. The SMILES string of the molecule is CCN1C[C@@H](C(=O)N2CCC[C@@H]2c2cc(OC)ccc2OC)CC1=O. The maximum atomic E-state index is 13.1. The number of ether oxygens (including phenoxy) is 2. The van der Waals surface area contributed by atoms with Gasteiger partial charge in [-0.1, -0.05) is 0 Å². The summed E-state index contributed by atoms with van der Waals surface area (Å²) in [5.41, 5.74) is 0.976. The molecule has 2 aliphatic heterocycles. The van der Waals surface area contributed by atoms with Crippen molar-refractivity contribution in [2.24, 2.45) is 5.92 Å². The van der Waals surface area contributed by atoms with E-state index in [9.17, 15) is 9.59 Å². The molecule has 1 aromatic rings. The number of carbonyl (C=O) groups excluding carboxylic acids is 2. The van der Waals surface area contributed by atoms with Crippen LogP contribution >= 0.6 is 0 Å². The molecule has 6 nitrogen and oxygen atoms in total. The highest BCUT2D eigenvalue weighted by atomic mass is 16.5. The number of hydrogen-bond acceptors (Lipinski definition) is 4. The first kappa shape index (κ1) is 17.6. The van der Waals surface area contributed by atoms with Gasteiger partial charge in [0, 0.05) is 31.6 Å². The zero-order valence-corrected chi connectivity index (χ0v) is 15.2. The van der Waals surface area contributed by atoms with Crippen molar-refractivity contribution in [2.45, 2.75) is 32.2 Å². The summed E-state index contributed by atoms with van der Waals surface area (Å²) in [6, 6.07) is 5.67. The summed E-state index contributed by atoms with van der Waals surface area (Å²) in [5, 5.41) is 0. The van der Waals surface area contributed by atoms with Crippen molar-refractivity contribution in [3.63, 3.8) is 0 Å². The summed E-state index contributed by atoms with van der Waals surface area (Å²) in [6.07, 6.45) is 2.17. The molecule has 0 saturated carbocycles. The number of likely N-dealkylation sites (tertiary alicyclic amines) is 2. The molecule has 0 unspecified atom stereocenters. The maximum Gasteiger partial charge on any atom is 0.228 e. The quantitative estimate of drug-likeness (QED) is 0.820. The van der Waals surface area contributed by atoms with E-state index in [1.165, 1.54) is 0 Å². The van der Waals surface area contributed by atoms with Gasteiger partial charge in [-0.25, -0.2) is 0 Å². The highest BCUT2D eigenvalue weighted by Gasteiger charge is 2.40. The third kappa shape index (κ3) is 3.30. The molecule has 136 valence electrons. The van der Waals surface area contributed by atoms with Gasteiger partial charge in [0.1, 0.15) is 11.5 Å². The molecular formula is C19H26N2O4. The van der Waals surface area contributed by atoms with Gasteiger partial charge < -0.3 is 19.3 Å². The minimum Gasteiger partial charge on any atom is -0.497 e. The molecule has 1 aromatic carbocycles. The second kappa shape index (κ2) is 7.33. The first-order chi connectivity index (χ1) is 12.1. The van der Waals surface area contributed by atoms with Crippen LogP contribution in [0.4, 0.5) is 0 Å². The lowest BCUT2D eigenvalue weighted by Crippen LogP contribution is -2.37. The fraction of sp³-hybridized carbons (Fsp3) is 0.579. The Kier molecular flexibility index (Phi) is 5.16. The van der Waals surface area contributed by atoms with Crippen LogP contribution in [0.5, 0.6) is 11.5 Å². The van der Waals surface area contributed by atoms with E-state index < -0.39 is 0 Å². The predicted molar refractivity (Wildman–Crippen MR) is 93.6 cm³/mol. The van der Waals surface area contributed by atoms with Crippen molar-refractivity contribution in [1.29, 1.82) is 0 Å². The molecule has 0 bridgehead atoms. The van der Waals surface area contributed by atoms with E-state index in [0.717, 1.165) is 36.4 Å². The summed E-state index contributed by atoms with van der Waals surface area (Å²) in [6.45, 7) is 3.87. The van der Waals surface area contributed by atoms with Gasteiger partial charge in [-0.15, -0.1) is 0 Å². The zero-order chi connectivity index (χ0) is 18.0. The van der Waals surface area contributed by atoms with E-state index in [0.29, 0.717) is 19.5 Å². The molecule has 2 fully saturated rings. The Morgan fingerprint density at radius 2 is 2.08 bits per heavy atom. The molecule has 2 atom stereocenters. The topological polar surface area (TPSA) is 59.1 Å². The van der Waals surface area contributed by atoms with Crippen LogP contribution in [0.2, 0.25) is 0 Å². The third-order valence-corrected chi connectivity index (χ3v) is 5.28. The Labute approximate surface area is 148 Å². The number of rotatable bonds is 5. The van der Waals surface area contributed by atoms with Gasteiger partial charge in [-0.2, -0.15) is 0 Å². The van der Waals surface area contributed by atoms with Crippen molar-refractivity contribution in [1.82, 2.24) is 9.80 Å². The van der Waals surface area contributed by atoms with Gasteiger partial charge >= 0.3 is 0 Å². The third-order valence-electron chi connectivity index (χ3n) is 5.28. The van der Waals surface area contributed by atoms with Crippen LogP contribution in [0.1, 0.15) is 37.8 Å². The normalized spacial score (nSPS) is 23.2. The van der Waals surface area contributed by atoms with Crippen LogP contribution in [0.3, 0.4) is 0 Å². The first-order valence-corrected chi connectivity index (χ1v) is 8.89. The highest BCUT2D eigenvalue weighted by Crippen LogP contribution is 2.40. The van der Waals surface area contributed by atoms with Gasteiger partial charge in [-0.05, 0) is 38.0 Å². The van der Waals surface area contributed by atoms with Crippen molar-refractivity contribution in [3.8, 4) is 11.5 Å². The predicted octanol–water partition coefficient (Wildman–Crippen LogP) is 2.24. The van der Waals surface area contributed by atoms with Crippen LogP contribution < -0.4 is 9.47 Å². The molecule has 25 heavy (non-hydrogen) atoms. The Bertz CT molecular complexity index is 661. The molecule has 2 aliphatic rings. The summed E-state index contributed by atoms with van der Waals surface area (Å²) in [4.78, 5) is 28.7. The Hall–Kier alpha value is -2.24. The lowest BCUT2D eigenvalue weighted by atomic mass is 10.0. The molecule has 2 saturated heterocycles. The average Bonchev–Trinajstić information content (AvgIpc) is 3.27. The van der Waals surface area contributed by atoms with Crippen molar-refractivity contribution in [3.05, 3.63) is 23.8 Å². The van der Waals surface area contributed by atoms with E-state index in [1.54, 1.807) is 19.1 Å². The van der Waals surface area contributed by atoms with Crippen molar-refractivity contribution >= 4 is 11.8 Å². The van der Waals surface area contributed by atoms with E-state index in [1.807, 2.05) is 30.0 Å². The number of amides is 2.